The van der Waals surface area contributed by atoms with E-state index in [0.29, 0.717) is 25.3 Å². The molecule has 2 N–H and O–H groups in total. The van der Waals surface area contributed by atoms with Gasteiger partial charge >= 0.3 is 6.09 Å². The summed E-state index contributed by atoms with van der Waals surface area (Å²) in [5.74, 6) is 0.599. The zero-order valence-electron chi connectivity index (χ0n) is 13.5. The number of rotatable bonds is 8. The molecule has 0 aromatic rings. The lowest BCUT2D eigenvalue weighted by atomic mass is 10.0. The summed E-state index contributed by atoms with van der Waals surface area (Å²) in [6, 6.07) is 0. The molecule has 0 heterocycles. The fourth-order valence-corrected chi connectivity index (χ4v) is 1.68. The molecule has 5 heteroatoms. The summed E-state index contributed by atoms with van der Waals surface area (Å²) in [6.07, 6.45) is 2.77. The van der Waals surface area contributed by atoms with Crippen molar-refractivity contribution in [2.75, 3.05) is 13.1 Å². The normalized spacial score (nSPS) is 11.3. The predicted molar refractivity (Wildman–Crippen MR) is 80.6 cm³/mol. The summed E-state index contributed by atoms with van der Waals surface area (Å²) in [7, 11) is 0. The molecule has 0 fully saturated rings. The highest BCUT2D eigenvalue weighted by atomic mass is 16.6. The third-order valence-electron chi connectivity index (χ3n) is 2.99. The highest BCUT2D eigenvalue weighted by Gasteiger charge is 2.15. The largest absolute Gasteiger partial charge is 0.444 e. The Bertz CT molecular complexity index is 294. The van der Waals surface area contributed by atoms with Crippen LogP contribution in [0.5, 0.6) is 0 Å². The van der Waals surface area contributed by atoms with Gasteiger partial charge in [-0.1, -0.05) is 26.7 Å². The van der Waals surface area contributed by atoms with E-state index in [0.717, 1.165) is 19.4 Å². The van der Waals surface area contributed by atoms with Crippen molar-refractivity contribution in [3.63, 3.8) is 0 Å². The van der Waals surface area contributed by atoms with E-state index in [1.807, 2.05) is 20.8 Å². The number of amides is 2. The van der Waals surface area contributed by atoms with Gasteiger partial charge in [0.15, 0.2) is 0 Å². The molecule has 0 rings (SSSR count). The molecule has 0 aliphatic rings. The first-order chi connectivity index (χ1) is 9.28. The molecule has 0 aromatic carbocycles. The Balaban J connectivity index is 3.64. The summed E-state index contributed by atoms with van der Waals surface area (Å²) >= 11 is 0. The van der Waals surface area contributed by atoms with Crippen LogP contribution in [-0.4, -0.2) is 30.7 Å². The molecule has 20 heavy (non-hydrogen) atoms. The average Bonchev–Trinajstić information content (AvgIpc) is 2.34. The van der Waals surface area contributed by atoms with Crippen LogP contribution in [0.25, 0.3) is 0 Å². The van der Waals surface area contributed by atoms with Crippen LogP contribution >= 0.6 is 0 Å². The fourth-order valence-electron chi connectivity index (χ4n) is 1.68. The molecule has 0 atom stereocenters. The zero-order valence-corrected chi connectivity index (χ0v) is 13.5. The summed E-state index contributed by atoms with van der Waals surface area (Å²) in [4.78, 5) is 23.0. The predicted octanol–water partition coefficient (Wildman–Crippen LogP) is 2.84. The highest BCUT2D eigenvalue weighted by molar-refractivity contribution is 5.75. The summed E-state index contributed by atoms with van der Waals surface area (Å²) in [6.45, 7) is 10.9. The van der Waals surface area contributed by atoms with Crippen molar-refractivity contribution >= 4 is 12.0 Å². The number of ether oxygens (including phenoxy) is 1. The van der Waals surface area contributed by atoms with Gasteiger partial charge in [0.2, 0.25) is 5.91 Å². The Labute approximate surface area is 122 Å². The van der Waals surface area contributed by atoms with Gasteiger partial charge in [0, 0.05) is 19.5 Å². The molecule has 0 aromatic heterocycles. The zero-order chi connectivity index (χ0) is 15.6. The van der Waals surface area contributed by atoms with Crippen molar-refractivity contribution in [2.24, 2.45) is 5.92 Å². The van der Waals surface area contributed by atoms with Gasteiger partial charge in [-0.2, -0.15) is 0 Å². The Morgan fingerprint density at radius 2 is 1.70 bits per heavy atom. The summed E-state index contributed by atoms with van der Waals surface area (Å²) in [5.41, 5.74) is -0.489. The van der Waals surface area contributed by atoms with Crippen LogP contribution in [0.1, 0.15) is 60.3 Å². The summed E-state index contributed by atoms with van der Waals surface area (Å²) < 4.78 is 5.10. The van der Waals surface area contributed by atoms with Crippen molar-refractivity contribution in [1.82, 2.24) is 10.6 Å². The molecule has 2 amide bonds. The number of carbonyl (C=O) groups is 2. The second kappa shape index (κ2) is 9.61. The van der Waals surface area contributed by atoms with Crippen LogP contribution in [0.4, 0.5) is 4.79 Å². The van der Waals surface area contributed by atoms with E-state index < -0.39 is 11.7 Å². The van der Waals surface area contributed by atoms with Gasteiger partial charge in [0.25, 0.3) is 0 Å². The van der Waals surface area contributed by atoms with Gasteiger partial charge in [-0.15, -0.1) is 0 Å². The maximum Gasteiger partial charge on any atom is 0.407 e. The maximum atomic E-state index is 11.6. The van der Waals surface area contributed by atoms with Crippen molar-refractivity contribution in [2.45, 2.75) is 65.9 Å². The Morgan fingerprint density at radius 3 is 2.20 bits per heavy atom. The van der Waals surface area contributed by atoms with Gasteiger partial charge in [-0.3, -0.25) is 4.79 Å². The third-order valence-corrected chi connectivity index (χ3v) is 2.99. The quantitative estimate of drug-likeness (QED) is 0.674. The highest BCUT2D eigenvalue weighted by Crippen LogP contribution is 2.06. The van der Waals surface area contributed by atoms with Gasteiger partial charge < -0.3 is 15.4 Å². The molecule has 0 saturated carbocycles. The van der Waals surface area contributed by atoms with Crippen LogP contribution < -0.4 is 10.6 Å². The number of hydrogen-bond acceptors (Lipinski definition) is 3. The number of hydrogen-bond donors (Lipinski definition) is 2. The van der Waals surface area contributed by atoms with Crippen molar-refractivity contribution in [1.29, 1.82) is 0 Å². The van der Waals surface area contributed by atoms with Crippen molar-refractivity contribution in [3.8, 4) is 0 Å². The van der Waals surface area contributed by atoms with E-state index in [1.165, 1.54) is 0 Å². The molecule has 5 nitrogen and oxygen atoms in total. The first-order valence-electron chi connectivity index (χ1n) is 7.52. The number of nitrogens with one attached hydrogen (secondary N) is 2. The van der Waals surface area contributed by atoms with Crippen LogP contribution in [0, 0.1) is 5.92 Å². The lowest BCUT2D eigenvalue weighted by Crippen LogP contribution is -2.34. The first-order valence-corrected chi connectivity index (χ1v) is 7.52. The SMILES string of the molecule is CCC(CC)CNC(=O)CCCNC(=O)OC(C)(C)C. The van der Waals surface area contributed by atoms with Gasteiger partial charge in [0.05, 0.1) is 0 Å². The third kappa shape index (κ3) is 10.6. The molecule has 0 aliphatic carbocycles. The molecular formula is C15H30N2O3. The van der Waals surface area contributed by atoms with Crippen LogP contribution in [0.3, 0.4) is 0 Å². The van der Waals surface area contributed by atoms with Crippen LogP contribution in [0.2, 0.25) is 0 Å². The molecule has 0 spiro atoms. The number of alkyl carbamates (subject to hydrolysis) is 1. The average molecular weight is 286 g/mol. The van der Waals surface area contributed by atoms with Crippen molar-refractivity contribution in [3.05, 3.63) is 0 Å². The topological polar surface area (TPSA) is 67.4 Å². The van der Waals surface area contributed by atoms with Gasteiger partial charge in [-0.05, 0) is 33.1 Å². The monoisotopic (exact) mass is 286 g/mol. The second-order valence-electron chi connectivity index (χ2n) is 6.02. The number of carbonyl (C=O) groups excluding carboxylic acids is 2. The smallest absolute Gasteiger partial charge is 0.407 e. The molecule has 0 aliphatic heterocycles. The molecule has 0 unspecified atom stereocenters. The van der Waals surface area contributed by atoms with Crippen LogP contribution in [0.15, 0.2) is 0 Å². The second-order valence-corrected chi connectivity index (χ2v) is 6.02. The molecule has 118 valence electrons. The van der Waals surface area contributed by atoms with Crippen LogP contribution in [-0.2, 0) is 9.53 Å². The standard InChI is InChI=1S/C15H30N2O3/c1-6-12(7-2)11-17-13(18)9-8-10-16-14(19)20-15(3,4)5/h12H,6-11H2,1-5H3,(H,16,19)(H,17,18). The van der Waals surface area contributed by atoms with E-state index in [4.69, 9.17) is 4.74 Å². The van der Waals surface area contributed by atoms with E-state index in [1.54, 1.807) is 0 Å². The molecule has 0 radical (unpaired) electrons. The van der Waals surface area contributed by atoms with E-state index in [9.17, 15) is 9.59 Å². The van der Waals surface area contributed by atoms with E-state index in [-0.39, 0.29) is 5.91 Å². The van der Waals surface area contributed by atoms with E-state index >= 15 is 0 Å². The maximum absolute atomic E-state index is 11.6. The Kier molecular flexibility index (Phi) is 9.01. The fraction of sp³-hybridized carbons (Fsp3) is 0.867. The minimum Gasteiger partial charge on any atom is -0.444 e. The Morgan fingerprint density at radius 1 is 1.10 bits per heavy atom. The van der Waals surface area contributed by atoms with Gasteiger partial charge in [-0.25, -0.2) is 4.79 Å². The lowest BCUT2D eigenvalue weighted by Gasteiger charge is -2.19. The minimum absolute atomic E-state index is 0.0443. The molecule has 0 bridgehead atoms. The minimum atomic E-state index is -0.489. The molecular weight excluding hydrogens is 256 g/mol. The van der Waals surface area contributed by atoms with Crippen molar-refractivity contribution < 1.29 is 14.3 Å². The van der Waals surface area contributed by atoms with Gasteiger partial charge in [0.1, 0.15) is 5.60 Å². The lowest BCUT2D eigenvalue weighted by molar-refractivity contribution is -0.121. The van der Waals surface area contributed by atoms with E-state index in [2.05, 4.69) is 24.5 Å². The molecule has 0 saturated heterocycles. The summed E-state index contributed by atoms with van der Waals surface area (Å²) in [5, 5.41) is 5.57. The first kappa shape index (κ1) is 18.7. The Hall–Kier alpha value is -1.26.